The lowest BCUT2D eigenvalue weighted by Gasteiger charge is -2.03. The maximum absolute atomic E-state index is 5.51. The number of ether oxygens (including phenoxy) is 1. The summed E-state index contributed by atoms with van der Waals surface area (Å²) in [5.41, 5.74) is 0.883. The molecule has 0 aromatic carbocycles. The van der Waals surface area contributed by atoms with Crippen LogP contribution in [-0.2, 0) is 13.2 Å². The Bertz CT molecular complexity index is 468. The predicted molar refractivity (Wildman–Crippen MR) is 67.0 cm³/mol. The summed E-state index contributed by atoms with van der Waals surface area (Å²) in [5, 5.41) is 7.24. The fourth-order valence-electron chi connectivity index (χ4n) is 1.40. The van der Waals surface area contributed by atoms with Crippen molar-refractivity contribution in [2.75, 3.05) is 0 Å². The van der Waals surface area contributed by atoms with Gasteiger partial charge < -0.3 is 14.6 Å². The van der Waals surface area contributed by atoms with Crippen molar-refractivity contribution in [3.63, 3.8) is 0 Å². The van der Waals surface area contributed by atoms with E-state index >= 15 is 0 Å². The Morgan fingerprint density at radius 3 is 3.06 bits per heavy atom. The molecule has 0 fully saturated rings. The topological polar surface area (TPSA) is 60.2 Å². The second-order valence-electron chi connectivity index (χ2n) is 4.30. The van der Waals surface area contributed by atoms with Crippen LogP contribution in [-0.4, -0.2) is 16.2 Å². The molecule has 18 heavy (non-hydrogen) atoms. The van der Waals surface area contributed by atoms with Crippen molar-refractivity contribution in [3.05, 3.63) is 42.0 Å². The second-order valence-corrected chi connectivity index (χ2v) is 4.30. The van der Waals surface area contributed by atoms with Gasteiger partial charge in [0.2, 0.25) is 0 Å². The summed E-state index contributed by atoms with van der Waals surface area (Å²) in [6.07, 6.45) is 3.37. The quantitative estimate of drug-likeness (QED) is 0.847. The zero-order chi connectivity index (χ0) is 12.8. The third-order valence-corrected chi connectivity index (χ3v) is 2.31. The number of hydrogen-bond donors (Lipinski definition) is 1. The molecule has 5 nitrogen and oxygen atoms in total. The Kier molecular flexibility index (Phi) is 4.30. The van der Waals surface area contributed by atoms with Crippen molar-refractivity contribution in [2.45, 2.75) is 33.0 Å². The molecule has 0 radical (unpaired) electrons. The fourth-order valence-corrected chi connectivity index (χ4v) is 1.40. The molecule has 0 aliphatic rings. The number of nitrogens with zero attached hydrogens (tertiary/aromatic N) is 2. The van der Waals surface area contributed by atoms with E-state index in [9.17, 15) is 0 Å². The fraction of sp³-hybridized carbons (Fsp3) is 0.385. The Hall–Kier alpha value is -1.88. The summed E-state index contributed by atoms with van der Waals surface area (Å²) in [6, 6.07) is 6.00. The third-order valence-electron chi connectivity index (χ3n) is 2.31. The number of hydrogen-bond acceptors (Lipinski definition) is 5. The number of rotatable bonds is 6. The number of pyridine rings is 1. The first-order valence-electron chi connectivity index (χ1n) is 5.94. The highest BCUT2D eigenvalue weighted by atomic mass is 16.5. The summed E-state index contributed by atoms with van der Waals surface area (Å²) in [7, 11) is 0. The summed E-state index contributed by atoms with van der Waals surface area (Å²) in [6.45, 7) is 5.24. The lowest BCUT2D eigenvalue weighted by atomic mass is 10.3. The van der Waals surface area contributed by atoms with Crippen LogP contribution < -0.4 is 10.1 Å². The largest absolute Gasteiger partial charge is 0.484 e. The van der Waals surface area contributed by atoms with Crippen molar-refractivity contribution in [3.8, 4) is 5.75 Å². The SMILES string of the molecule is CC(C)NCc1cc(COc2cccnc2)on1. The Morgan fingerprint density at radius 2 is 2.33 bits per heavy atom. The van der Waals surface area contributed by atoms with E-state index in [0.717, 1.165) is 11.4 Å². The van der Waals surface area contributed by atoms with Crippen LogP contribution in [0.3, 0.4) is 0 Å². The summed E-state index contributed by atoms with van der Waals surface area (Å²) >= 11 is 0. The van der Waals surface area contributed by atoms with E-state index in [4.69, 9.17) is 9.26 Å². The van der Waals surface area contributed by atoms with Gasteiger partial charge in [0.15, 0.2) is 5.76 Å². The van der Waals surface area contributed by atoms with Gasteiger partial charge >= 0.3 is 0 Å². The first-order valence-corrected chi connectivity index (χ1v) is 5.94. The van der Waals surface area contributed by atoms with Gasteiger partial charge in [-0.2, -0.15) is 0 Å². The molecule has 0 unspecified atom stereocenters. The van der Waals surface area contributed by atoms with Gasteiger partial charge in [0.05, 0.1) is 11.9 Å². The van der Waals surface area contributed by atoms with Crippen LogP contribution in [0.25, 0.3) is 0 Å². The molecular formula is C13H17N3O2. The highest BCUT2D eigenvalue weighted by Crippen LogP contribution is 2.11. The van der Waals surface area contributed by atoms with Crippen LogP contribution in [0.5, 0.6) is 5.75 Å². The molecule has 5 heteroatoms. The molecule has 1 N–H and O–H groups in total. The standard InChI is InChI=1S/C13H17N3O2/c1-10(2)15-7-11-6-13(18-16-11)9-17-12-4-3-5-14-8-12/h3-6,8,10,15H,7,9H2,1-2H3. The average molecular weight is 247 g/mol. The first-order chi connectivity index (χ1) is 8.74. The van der Waals surface area contributed by atoms with Gasteiger partial charge in [-0.3, -0.25) is 4.98 Å². The van der Waals surface area contributed by atoms with E-state index in [-0.39, 0.29) is 0 Å². The summed E-state index contributed by atoms with van der Waals surface area (Å²) < 4.78 is 10.7. The van der Waals surface area contributed by atoms with Gasteiger partial charge in [-0.15, -0.1) is 0 Å². The molecule has 0 saturated carbocycles. The molecule has 0 bridgehead atoms. The van der Waals surface area contributed by atoms with Crippen molar-refractivity contribution >= 4 is 0 Å². The van der Waals surface area contributed by atoms with E-state index in [2.05, 4.69) is 29.3 Å². The minimum atomic E-state index is 0.361. The maximum atomic E-state index is 5.51. The zero-order valence-corrected chi connectivity index (χ0v) is 10.6. The second kappa shape index (κ2) is 6.16. The molecule has 0 atom stereocenters. The molecular weight excluding hydrogens is 230 g/mol. The van der Waals surface area contributed by atoms with Crippen LogP contribution in [0.1, 0.15) is 25.3 Å². The van der Waals surface area contributed by atoms with Gasteiger partial charge in [-0.1, -0.05) is 19.0 Å². The van der Waals surface area contributed by atoms with Gasteiger partial charge in [0, 0.05) is 24.8 Å². The first kappa shape index (κ1) is 12.6. The van der Waals surface area contributed by atoms with Crippen molar-refractivity contribution in [1.29, 1.82) is 0 Å². The van der Waals surface area contributed by atoms with Crippen LogP contribution in [0.15, 0.2) is 35.1 Å². The molecule has 2 heterocycles. The Morgan fingerprint density at radius 1 is 1.44 bits per heavy atom. The van der Waals surface area contributed by atoms with Crippen LogP contribution in [0.2, 0.25) is 0 Å². The molecule has 0 aliphatic carbocycles. The lowest BCUT2D eigenvalue weighted by molar-refractivity contribution is 0.247. The molecule has 2 aromatic heterocycles. The smallest absolute Gasteiger partial charge is 0.174 e. The van der Waals surface area contributed by atoms with Gasteiger partial charge in [0.1, 0.15) is 12.4 Å². The molecule has 0 saturated heterocycles. The van der Waals surface area contributed by atoms with Crippen molar-refractivity contribution in [1.82, 2.24) is 15.5 Å². The molecule has 2 rings (SSSR count). The summed E-state index contributed by atoms with van der Waals surface area (Å²) in [4.78, 5) is 3.97. The lowest BCUT2D eigenvalue weighted by Crippen LogP contribution is -2.21. The van der Waals surface area contributed by atoms with E-state index in [1.165, 1.54) is 0 Å². The van der Waals surface area contributed by atoms with Crippen molar-refractivity contribution < 1.29 is 9.26 Å². The van der Waals surface area contributed by atoms with E-state index in [1.807, 2.05) is 18.2 Å². The molecule has 2 aromatic rings. The van der Waals surface area contributed by atoms with Crippen LogP contribution in [0.4, 0.5) is 0 Å². The highest BCUT2D eigenvalue weighted by Gasteiger charge is 2.05. The van der Waals surface area contributed by atoms with Gasteiger partial charge in [-0.05, 0) is 12.1 Å². The maximum Gasteiger partial charge on any atom is 0.174 e. The monoisotopic (exact) mass is 247 g/mol. The highest BCUT2D eigenvalue weighted by molar-refractivity contribution is 5.16. The van der Waals surface area contributed by atoms with Gasteiger partial charge in [0.25, 0.3) is 0 Å². The van der Waals surface area contributed by atoms with Crippen LogP contribution in [0, 0.1) is 0 Å². The molecule has 0 aliphatic heterocycles. The molecule has 0 spiro atoms. The van der Waals surface area contributed by atoms with Gasteiger partial charge in [-0.25, -0.2) is 0 Å². The molecule has 0 amide bonds. The normalized spacial score (nSPS) is 10.8. The Balaban J connectivity index is 1.83. The van der Waals surface area contributed by atoms with Crippen molar-refractivity contribution in [2.24, 2.45) is 0 Å². The van der Waals surface area contributed by atoms with E-state index < -0.39 is 0 Å². The minimum Gasteiger partial charge on any atom is -0.484 e. The predicted octanol–water partition coefficient (Wildman–Crippen LogP) is 2.15. The summed E-state index contributed by atoms with van der Waals surface area (Å²) in [5.74, 6) is 1.43. The number of aromatic nitrogens is 2. The van der Waals surface area contributed by atoms with E-state index in [0.29, 0.717) is 25.0 Å². The van der Waals surface area contributed by atoms with E-state index in [1.54, 1.807) is 12.4 Å². The minimum absolute atomic E-state index is 0.361. The number of nitrogens with one attached hydrogen (secondary N) is 1. The Labute approximate surface area is 106 Å². The third kappa shape index (κ3) is 3.85. The molecule has 96 valence electrons. The average Bonchev–Trinajstić information content (AvgIpc) is 2.83. The zero-order valence-electron chi connectivity index (χ0n) is 10.6. The van der Waals surface area contributed by atoms with Crippen LogP contribution >= 0.6 is 0 Å².